The number of benzene rings is 1. The van der Waals surface area contributed by atoms with Crippen LogP contribution in [0.2, 0.25) is 5.02 Å². The van der Waals surface area contributed by atoms with Gasteiger partial charge in [0.15, 0.2) is 0 Å². The van der Waals surface area contributed by atoms with Crippen molar-refractivity contribution in [2.24, 2.45) is 0 Å². The zero-order valence-corrected chi connectivity index (χ0v) is 16.9. The van der Waals surface area contributed by atoms with Crippen molar-refractivity contribution >= 4 is 34.7 Å². The molecule has 0 bridgehead atoms. The van der Waals surface area contributed by atoms with Crippen LogP contribution in [0, 0.1) is 0 Å². The van der Waals surface area contributed by atoms with Gasteiger partial charge in [0.05, 0.1) is 17.8 Å². The number of nitrogens with zero attached hydrogens (tertiary/aromatic N) is 6. The van der Waals surface area contributed by atoms with Gasteiger partial charge >= 0.3 is 0 Å². The fourth-order valence-electron chi connectivity index (χ4n) is 3.07. The number of halogens is 1. The second kappa shape index (κ2) is 8.43. The maximum atomic E-state index is 6.46. The summed E-state index contributed by atoms with van der Waals surface area (Å²) in [5.74, 6) is 3.02. The molecule has 0 spiro atoms. The Labute approximate surface area is 164 Å². The summed E-state index contributed by atoms with van der Waals surface area (Å²) in [5.41, 5.74) is 0.845. The standard InChI is InChI=1S/C19H25ClN6O/c1-5-9-25(10-6-2)18-12-17(23-19-21-13-22-26(18)19)24(3)16-8-7-14(27-4)11-15(16)20/h7-8,11-13H,5-6,9-10H2,1-4H3. The van der Waals surface area contributed by atoms with Gasteiger partial charge in [-0.15, -0.1) is 0 Å². The molecule has 0 saturated heterocycles. The van der Waals surface area contributed by atoms with E-state index in [0.717, 1.165) is 49.0 Å². The van der Waals surface area contributed by atoms with E-state index >= 15 is 0 Å². The molecule has 0 atom stereocenters. The fraction of sp³-hybridized carbons (Fsp3) is 0.421. The number of hydrogen-bond acceptors (Lipinski definition) is 6. The number of hydrogen-bond donors (Lipinski definition) is 0. The normalized spacial score (nSPS) is 11.0. The molecule has 0 unspecified atom stereocenters. The molecule has 7 nitrogen and oxygen atoms in total. The highest BCUT2D eigenvalue weighted by Gasteiger charge is 2.17. The van der Waals surface area contributed by atoms with Crippen LogP contribution in [0.3, 0.4) is 0 Å². The van der Waals surface area contributed by atoms with Crippen molar-refractivity contribution in [1.82, 2.24) is 19.6 Å². The Balaban J connectivity index is 2.06. The number of fused-ring (bicyclic) bond motifs is 1. The molecule has 2 aromatic heterocycles. The minimum atomic E-state index is 0.566. The molecule has 0 radical (unpaired) electrons. The first kappa shape index (κ1) is 19.2. The van der Waals surface area contributed by atoms with E-state index in [4.69, 9.17) is 16.3 Å². The van der Waals surface area contributed by atoms with E-state index < -0.39 is 0 Å². The lowest BCUT2D eigenvalue weighted by molar-refractivity contribution is 0.415. The van der Waals surface area contributed by atoms with Gasteiger partial charge in [0.25, 0.3) is 5.78 Å². The van der Waals surface area contributed by atoms with E-state index in [1.807, 2.05) is 30.1 Å². The van der Waals surface area contributed by atoms with Crippen LogP contribution < -0.4 is 14.5 Å². The topological polar surface area (TPSA) is 58.8 Å². The molecular weight excluding hydrogens is 364 g/mol. The molecule has 0 aliphatic carbocycles. The summed E-state index contributed by atoms with van der Waals surface area (Å²) in [6.45, 7) is 6.23. The summed E-state index contributed by atoms with van der Waals surface area (Å²) in [5, 5.41) is 4.96. The first-order valence-electron chi connectivity index (χ1n) is 9.12. The highest BCUT2D eigenvalue weighted by Crippen LogP contribution is 2.34. The molecule has 0 saturated carbocycles. The lowest BCUT2D eigenvalue weighted by atomic mass is 10.2. The van der Waals surface area contributed by atoms with Gasteiger partial charge in [-0.25, -0.2) is 0 Å². The third-order valence-electron chi connectivity index (χ3n) is 4.39. The monoisotopic (exact) mass is 388 g/mol. The lowest BCUT2D eigenvalue weighted by Crippen LogP contribution is -2.28. The third kappa shape index (κ3) is 3.93. The number of aromatic nitrogens is 4. The average molecular weight is 389 g/mol. The quantitative estimate of drug-likeness (QED) is 0.577. The van der Waals surface area contributed by atoms with Crippen molar-refractivity contribution in [1.29, 1.82) is 0 Å². The Morgan fingerprint density at radius 2 is 1.89 bits per heavy atom. The predicted octanol–water partition coefficient (Wildman–Crippen LogP) is 4.18. The predicted molar refractivity (Wildman–Crippen MR) is 110 cm³/mol. The Bertz CT molecular complexity index is 906. The van der Waals surface area contributed by atoms with Crippen molar-refractivity contribution in [2.75, 3.05) is 37.0 Å². The zero-order chi connectivity index (χ0) is 19.4. The zero-order valence-electron chi connectivity index (χ0n) is 16.2. The molecule has 2 heterocycles. The highest BCUT2D eigenvalue weighted by atomic mass is 35.5. The van der Waals surface area contributed by atoms with Crippen molar-refractivity contribution in [3.8, 4) is 5.75 Å². The molecule has 0 amide bonds. The maximum Gasteiger partial charge on any atom is 0.256 e. The van der Waals surface area contributed by atoms with Gasteiger partial charge in [-0.2, -0.15) is 19.6 Å². The van der Waals surface area contributed by atoms with Crippen molar-refractivity contribution < 1.29 is 4.74 Å². The SMILES string of the molecule is CCCN(CCC)c1cc(N(C)c2ccc(OC)cc2Cl)nc2ncnn12. The largest absolute Gasteiger partial charge is 0.497 e. The van der Waals surface area contributed by atoms with Gasteiger partial charge in [0.2, 0.25) is 0 Å². The van der Waals surface area contributed by atoms with Gasteiger partial charge in [0.1, 0.15) is 23.7 Å². The minimum absolute atomic E-state index is 0.566. The van der Waals surface area contributed by atoms with Crippen LogP contribution in [-0.2, 0) is 0 Å². The summed E-state index contributed by atoms with van der Waals surface area (Å²) >= 11 is 6.46. The highest BCUT2D eigenvalue weighted by molar-refractivity contribution is 6.33. The van der Waals surface area contributed by atoms with Crippen LogP contribution in [0.4, 0.5) is 17.3 Å². The van der Waals surface area contributed by atoms with Crippen molar-refractivity contribution in [3.05, 3.63) is 35.6 Å². The van der Waals surface area contributed by atoms with Crippen molar-refractivity contribution in [3.63, 3.8) is 0 Å². The Hall–Kier alpha value is -2.54. The van der Waals surface area contributed by atoms with Crippen molar-refractivity contribution in [2.45, 2.75) is 26.7 Å². The van der Waals surface area contributed by atoms with Gasteiger partial charge in [-0.1, -0.05) is 25.4 Å². The van der Waals surface area contributed by atoms with Crippen LogP contribution >= 0.6 is 11.6 Å². The second-order valence-electron chi connectivity index (χ2n) is 6.31. The van der Waals surface area contributed by atoms with Crippen LogP contribution in [0.5, 0.6) is 5.75 Å². The van der Waals surface area contributed by atoms with E-state index in [1.54, 1.807) is 17.7 Å². The molecule has 0 aliphatic rings. The molecule has 3 aromatic rings. The molecule has 0 aliphatic heterocycles. The van der Waals surface area contributed by atoms with Gasteiger partial charge in [-0.05, 0) is 25.0 Å². The molecule has 0 N–H and O–H groups in total. The van der Waals surface area contributed by atoms with Crippen LogP contribution in [0.15, 0.2) is 30.6 Å². The number of anilines is 3. The first-order chi connectivity index (χ1) is 13.1. The summed E-state index contributed by atoms with van der Waals surface area (Å²) in [6.07, 6.45) is 3.63. The second-order valence-corrected chi connectivity index (χ2v) is 6.71. The van der Waals surface area contributed by atoms with Crippen LogP contribution in [0.25, 0.3) is 5.78 Å². The van der Waals surface area contributed by atoms with E-state index in [0.29, 0.717) is 10.8 Å². The van der Waals surface area contributed by atoms with E-state index in [2.05, 4.69) is 33.8 Å². The average Bonchev–Trinajstić information content (AvgIpc) is 3.15. The molecule has 27 heavy (non-hydrogen) atoms. The number of ether oxygens (including phenoxy) is 1. The Morgan fingerprint density at radius 3 is 2.52 bits per heavy atom. The molecule has 1 aromatic carbocycles. The van der Waals surface area contributed by atoms with E-state index in [-0.39, 0.29) is 0 Å². The van der Waals surface area contributed by atoms with Crippen LogP contribution in [-0.4, -0.2) is 46.8 Å². The Morgan fingerprint density at radius 1 is 1.15 bits per heavy atom. The van der Waals surface area contributed by atoms with Gasteiger partial charge < -0.3 is 14.5 Å². The summed E-state index contributed by atoms with van der Waals surface area (Å²) < 4.78 is 7.03. The van der Waals surface area contributed by atoms with E-state index in [9.17, 15) is 0 Å². The smallest absolute Gasteiger partial charge is 0.256 e. The molecule has 144 valence electrons. The fourth-order valence-corrected chi connectivity index (χ4v) is 3.37. The van der Waals surface area contributed by atoms with Gasteiger partial charge in [0, 0.05) is 32.3 Å². The molecule has 0 fully saturated rings. The molecular formula is C19H25ClN6O. The first-order valence-corrected chi connectivity index (χ1v) is 9.49. The number of rotatable bonds is 8. The van der Waals surface area contributed by atoms with Crippen LogP contribution in [0.1, 0.15) is 26.7 Å². The summed E-state index contributed by atoms with van der Waals surface area (Å²) in [7, 11) is 3.56. The molecule has 3 rings (SSSR count). The lowest BCUT2D eigenvalue weighted by Gasteiger charge is -2.26. The summed E-state index contributed by atoms with van der Waals surface area (Å²) in [4.78, 5) is 13.2. The molecule has 8 heteroatoms. The Kier molecular flexibility index (Phi) is 6.01. The summed E-state index contributed by atoms with van der Waals surface area (Å²) in [6, 6.07) is 7.64. The number of methoxy groups -OCH3 is 1. The minimum Gasteiger partial charge on any atom is -0.497 e. The van der Waals surface area contributed by atoms with E-state index in [1.165, 1.54) is 6.33 Å². The third-order valence-corrected chi connectivity index (χ3v) is 4.69. The van der Waals surface area contributed by atoms with Gasteiger partial charge in [-0.3, -0.25) is 0 Å². The maximum absolute atomic E-state index is 6.46.